The molecule has 0 bridgehead atoms. The van der Waals surface area contributed by atoms with E-state index in [0.29, 0.717) is 30.5 Å². The molecular formula is C20H25ClN2O4. The van der Waals surface area contributed by atoms with Gasteiger partial charge in [-0.25, -0.2) is 0 Å². The molecule has 0 radical (unpaired) electrons. The Balaban J connectivity index is 1.61. The summed E-state index contributed by atoms with van der Waals surface area (Å²) in [6, 6.07) is 10.9. The van der Waals surface area contributed by atoms with Gasteiger partial charge in [-0.3, -0.25) is 9.69 Å². The van der Waals surface area contributed by atoms with Gasteiger partial charge in [0.2, 0.25) is 0 Å². The third kappa shape index (κ3) is 5.48. The van der Waals surface area contributed by atoms with Crippen molar-refractivity contribution in [1.82, 2.24) is 10.2 Å². The fourth-order valence-electron chi connectivity index (χ4n) is 3.07. The molecule has 2 aromatic rings. The van der Waals surface area contributed by atoms with Crippen LogP contribution in [0.3, 0.4) is 0 Å². The average molecular weight is 393 g/mol. The smallest absolute Gasteiger partial charge is 0.260 e. The number of amides is 1. The van der Waals surface area contributed by atoms with Gasteiger partial charge in [0.05, 0.1) is 19.3 Å². The van der Waals surface area contributed by atoms with Crippen molar-refractivity contribution in [3.05, 3.63) is 52.9 Å². The number of ether oxygens (including phenoxy) is 2. The molecule has 0 aliphatic carbocycles. The van der Waals surface area contributed by atoms with Crippen LogP contribution in [0.1, 0.15) is 24.5 Å². The summed E-state index contributed by atoms with van der Waals surface area (Å²) < 4.78 is 17.0. The molecule has 1 fully saturated rings. The van der Waals surface area contributed by atoms with E-state index < -0.39 is 6.10 Å². The van der Waals surface area contributed by atoms with E-state index in [0.717, 1.165) is 24.6 Å². The van der Waals surface area contributed by atoms with Crippen LogP contribution in [0.5, 0.6) is 5.75 Å². The van der Waals surface area contributed by atoms with Crippen molar-refractivity contribution in [2.45, 2.75) is 26.0 Å². The molecule has 146 valence electrons. The quantitative estimate of drug-likeness (QED) is 0.783. The Morgan fingerprint density at radius 2 is 2.07 bits per heavy atom. The molecule has 1 aromatic heterocycles. The second-order valence-electron chi connectivity index (χ2n) is 6.58. The maximum atomic E-state index is 12.5. The van der Waals surface area contributed by atoms with E-state index >= 15 is 0 Å². The lowest BCUT2D eigenvalue weighted by molar-refractivity contribution is -0.127. The summed E-state index contributed by atoms with van der Waals surface area (Å²) in [5.41, 5.74) is 0. The van der Waals surface area contributed by atoms with Gasteiger partial charge in [-0.15, -0.1) is 0 Å². The summed E-state index contributed by atoms with van der Waals surface area (Å²) >= 11 is 5.96. The molecule has 2 atom stereocenters. The van der Waals surface area contributed by atoms with Crippen LogP contribution >= 0.6 is 11.6 Å². The number of rotatable bonds is 7. The lowest BCUT2D eigenvalue weighted by atomic mass is 10.1. The van der Waals surface area contributed by atoms with Gasteiger partial charge in [-0.2, -0.15) is 0 Å². The van der Waals surface area contributed by atoms with Crippen molar-refractivity contribution in [1.29, 1.82) is 0 Å². The average Bonchev–Trinajstić information content (AvgIpc) is 3.08. The molecule has 3 rings (SSSR count). The lowest BCUT2D eigenvalue weighted by Crippen LogP contribution is -2.45. The number of benzene rings is 1. The molecule has 2 unspecified atom stereocenters. The minimum Gasteiger partial charge on any atom is -0.481 e. The van der Waals surface area contributed by atoms with Crippen molar-refractivity contribution < 1.29 is 18.7 Å². The number of aryl methyl sites for hydroxylation is 1. The highest BCUT2D eigenvalue weighted by Gasteiger charge is 2.26. The number of nitrogens with one attached hydrogen (secondary N) is 1. The molecule has 1 aliphatic rings. The van der Waals surface area contributed by atoms with Crippen molar-refractivity contribution in [2.24, 2.45) is 0 Å². The first-order valence-corrected chi connectivity index (χ1v) is 9.49. The molecule has 0 saturated carbocycles. The molecule has 1 amide bonds. The number of morpholine rings is 1. The van der Waals surface area contributed by atoms with E-state index in [1.54, 1.807) is 31.2 Å². The molecule has 6 nitrogen and oxygen atoms in total. The molecule has 1 N–H and O–H groups in total. The first-order valence-electron chi connectivity index (χ1n) is 9.11. The fourth-order valence-corrected chi connectivity index (χ4v) is 3.25. The van der Waals surface area contributed by atoms with Crippen molar-refractivity contribution in [3.63, 3.8) is 0 Å². The normalized spacial score (nSPS) is 17.3. The van der Waals surface area contributed by atoms with Crippen LogP contribution in [0.15, 0.2) is 40.8 Å². The minimum absolute atomic E-state index is 0.0371. The van der Waals surface area contributed by atoms with Gasteiger partial charge in [0.1, 0.15) is 17.3 Å². The van der Waals surface area contributed by atoms with Crippen LogP contribution in [0.4, 0.5) is 0 Å². The number of carbonyl (C=O) groups is 1. The number of halogens is 1. The summed E-state index contributed by atoms with van der Waals surface area (Å²) in [6.45, 7) is 7.03. The largest absolute Gasteiger partial charge is 0.481 e. The molecule has 1 aromatic carbocycles. The summed E-state index contributed by atoms with van der Waals surface area (Å²) in [4.78, 5) is 14.8. The third-order valence-electron chi connectivity index (χ3n) is 4.52. The van der Waals surface area contributed by atoms with Crippen LogP contribution < -0.4 is 10.1 Å². The molecule has 1 aliphatic heterocycles. The van der Waals surface area contributed by atoms with Gasteiger partial charge >= 0.3 is 0 Å². The second-order valence-corrected chi connectivity index (χ2v) is 7.01. The first kappa shape index (κ1) is 19.7. The van der Waals surface area contributed by atoms with Crippen molar-refractivity contribution >= 4 is 17.5 Å². The number of furan rings is 1. The van der Waals surface area contributed by atoms with Gasteiger partial charge in [-0.1, -0.05) is 17.7 Å². The number of nitrogens with zero attached hydrogens (tertiary/aromatic N) is 1. The molecule has 2 heterocycles. The van der Waals surface area contributed by atoms with Crippen LogP contribution in [0.2, 0.25) is 5.02 Å². The zero-order valence-electron chi connectivity index (χ0n) is 15.6. The van der Waals surface area contributed by atoms with Crippen LogP contribution in [-0.4, -0.2) is 49.8 Å². The maximum Gasteiger partial charge on any atom is 0.260 e. The van der Waals surface area contributed by atoms with Gasteiger partial charge < -0.3 is 19.2 Å². The Bertz CT molecular complexity index is 758. The summed E-state index contributed by atoms with van der Waals surface area (Å²) in [7, 11) is 0. The molecule has 27 heavy (non-hydrogen) atoms. The van der Waals surface area contributed by atoms with Crippen LogP contribution in [0.25, 0.3) is 0 Å². The Labute approximate surface area is 164 Å². The van der Waals surface area contributed by atoms with E-state index in [2.05, 4.69) is 10.2 Å². The van der Waals surface area contributed by atoms with Gasteiger partial charge in [0, 0.05) is 24.7 Å². The fraction of sp³-hybridized carbons (Fsp3) is 0.450. The highest BCUT2D eigenvalue weighted by molar-refractivity contribution is 6.30. The number of carbonyl (C=O) groups excluding carboxylic acids is 1. The van der Waals surface area contributed by atoms with Crippen LogP contribution in [-0.2, 0) is 9.53 Å². The zero-order chi connectivity index (χ0) is 19.2. The Morgan fingerprint density at radius 1 is 1.30 bits per heavy atom. The third-order valence-corrected chi connectivity index (χ3v) is 4.76. The highest BCUT2D eigenvalue weighted by atomic mass is 35.5. The highest BCUT2D eigenvalue weighted by Crippen LogP contribution is 2.23. The first-order chi connectivity index (χ1) is 13.0. The summed E-state index contributed by atoms with van der Waals surface area (Å²) in [6.07, 6.45) is -0.632. The molecular weight excluding hydrogens is 368 g/mol. The van der Waals surface area contributed by atoms with E-state index in [1.165, 1.54) is 0 Å². The molecule has 7 heteroatoms. The summed E-state index contributed by atoms with van der Waals surface area (Å²) in [5, 5.41) is 3.55. The monoisotopic (exact) mass is 392 g/mol. The number of hydrogen-bond acceptors (Lipinski definition) is 5. The SMILES string of the molecule is Cc1ccc(C(CNC(=O)C(C)Oc2cccc(Cl)c2)N2CCOCC2)o1. The molecule has 0 spiro atoms. The predicted molar refractivity (Wildman–Crippen MR) is 103 cm³/mol. The topological polar surface area (TPSA) is 63.9 Å². The van der Waals surface area contributed by atoms with E-state index in [-0.39, 0.29) is 11.9 Å². The van der Waals surface area contributed by atoms with Gasteiger partial charge in [-0.05, 0) is 44.2 Å². The standard InChI is InChI=1S/C20H25ClN2O4/c1-14-6-7-19(26-14)18(23-8-10-25-11-9-23)13-22-20(24)15(2)27-17-5-3-4-16(21)12-17/h3-7,12,15,18H,8-11,13H2,1-2H3,(H,22,24). The second kappa shape index (κ2) is 9.26. The van der Waals surface area contributed by atoms with E-state index in [4.69, 9.17) is 25.5 Å². The predicted octanol–water partition coefficient (Wildman–Crippen LogP) is 3.20. The zero-order valence-corrected chi connectivity index (χ0v) is 16.4. The Morgan fingerprint density at radius 3 is 2.74 bits per heavy atom. The Hall–Kier alpha value is -2.02. The molecule has 1 saturated heterocycles. The lowest BCUT2D eigenvalue weighted by Gasteiger charge is -2.33. The van der Waals surface area contributed by atoms with E-state index in [1.807, 2.05) is 19.1 Å². The van der Waals surface area contributed by atoms with Gasteiger partial charge in [0.25, 0.3) is 5.91 Å². The maximum absolute atomic E-state index is 12.5. The van der Waals surface area contributed by atoms with Crippen molar-refractivity contribution in [2.75, 3.05) is 32.8 Å². The van der Waals surface area contributed by atoms with Gasteiger partial charge in [0.15, 0.2) is 6.10 Å². The summed E-state index contributed by atoms with van der Waals surface area (Å²) in [5.74, 6) is 2.08. The number of hydrogen-bond donors (Lipinski definition) is 1. The van der Waals surface area contributed by atoms with Crippen LogP contribution in [0, 0.1) is 6.92 Å². The van der Waals surface area contributed by atoms with E-state index in [9.17, 15) is 4.79 Å². The minimum atomic E-state index is -0.632. The van der Waals surface area contributed by atoms with Crippen molar-refractivity contribution in [3.8, 4) is 5.75 Å². The Kier molecular flexibility index (Phi) is 6.77.